The number of halogens is 1. The maximum atomic E-state index is 8.72. The van der Waals surface area contributed by atoms with Crippen LogP contribution in [0.15, 0.2) is 52.9 Å². The van der Waals surface area contributed by atoms with Crippen molar-refractivity contribution in [2.75, 3.05) is 0 Å². The van der Waals surface area contributed by atoms with E-state index >= 15 is 0 Å². The highest BCUT2D eigenvalue weighted by Gasteiger charge is 2.12. The van der Waals surface area contributed by atoms with E-state index in [2.05, 4.69) is 10.5 Å². The SMILES string of the molecule is Cc1oc(-c2ccccc2)nc1COc1ccc(CNO)cc1Cl. The molecule has 0 saturated carbocycles. The van der Waals surface area contributed by atoms with E-state index in [-0.39, 0.29) is 6.61 Å². The van der Waals surface area contributed by atoms with Crippen LogP contribution in [0.4, 0.5) is 0 Å². The number of nitrogens with one attached hydrogen (secondary N) is 1. The van der Waals surface area contributed by atoms with E-state index in [1.165, 1.54) is 0 Å². The summed E-state index contributed by atoms with van der Waals surface area (Å²) in [5.74, 6) is 1.84. The van der Waals surface area contributed by atoms with Crippen LogP contribution < -0.4 is 10.2 Å². The Morgan fingerprint density at radius 2 is 2.00 bits per heavy atom. The molecule has 0 aliphatic rings. The fourth-order valence-corrected chi connectivity index (χ4v) is 2.53. The van der Waals surface area contributed by atoms with Crippen molar-refractivity contribution in [3.05, 3.63) is 70.6 Å². The van der Waals surface area contributed by atoms with Gasteiger partial charge in [0.2, 0.25) is 5.89 Å². The van der Waals surface area contributed by atoms with Gasteiger partial charge in [-0.15, -0.1) is 0 Å². The molecule has 0 aliphatic heterocycles. The number of aryl methyl sites for hydroxylation is 1. The molecule has 3 rings (SSSR count). The number of nitrogens with zero attached hydrogens (tertiary/aromatic N) is 1. The lowest BCUT2D eigenvalue weighted by atomic mass is 10.2. The van der Waals surface area contributed by atoms with E-state index in [9.17, 15) is 0 Å². The Morgan fingerprint density at radius 3 is 2.71 bits per heavy atom. The Balaban J connectivity index is 1.72. The quantitative estimate of drug-likeness (QED) is 0.650. The molecule has 0 atom stereocenters. The summed E-state index contributed by atoms with van der Waals surface area (Å²) in [4.78, 5) is 4.49. The topological polar surface area (TPSA) is 67.5 Å². The van der Waals surface area contributed by atoms with Crippen molar-refractivity contribution < 1.29 is 14.4 Å². The lowest BCUT2D eigenvalue weighted by molar-refractivity contribution is 0.161. The first-order chi connectivity index (χ1) is 11.7. The third-order valence-electron chi connectivity index (χ3n) is 3.56. The van der Waals surface area contributed by atoms with Gasteiger partial charge in [-0.25, -0.2) is 10.5 Å². The monoisotopic (exact) mass is 344 g/mol. The number of hydrogen-bond acceptors (Lipinski definition) is 5. The summed E-state index contributed by atoms with van der Waals surface area (Å²) in [7, 11) is 0. The van der Waals surface area contributed by atoms with Crippen LogP contribution in [0.5, 0.6) is 5.75 Å². The summed E-state index contributed by atoms with van der Waals surface area (Å²) in [6.07, 6.45) is 0. The maximum Gasteiger partial charge on any atom is 0.226 e. The minimum atomic E-state index is 0.263. The predicted molar refractivity (Wildman–Crippen MR) is 91.1 cm³/mol. The number of hydrogen-bond donors (Lipinski definition) is 2. The smallest absolute Gasteiger partial charge is 0.226 e. The second kappa shape index (κ2) is 7.49. The number of rotatable bonds is 6. The molecule has 0 saturated heterocycles. The number of oxazole rings is 1. The number of ether oxygens (including phenoxy) is 1. The summed E-state index contributed by atoms with van der Waals surface area (Å²) >= 11 is 6.19. The van der Waals surface area contributed by atoms with E-state index in [1.54, 1.807) is 12.1 Å². The van der Waals surface area contributed by atoms with Crippen LogP contribution in [-0.4, -0.2) is 10.2 Å². The van der Waals surface area contributed by atoms with Crippen LogP contribution in [0, 0.1) is 6.92 Å². The zero-order chi connectivity index (χ0) is 16.9. The molecule has 0 unspecified atom stereocenters. The summed E-state index contributed by atoms with van der Waals surface area (Å²) < 4.78 is 11.5. The molecule has 5 nitrogen and oxygen atoms in total. The molecule has 0 bridgehead atoms. The second-order valence-corrected chi connectivity index (χ2v) is 5.68. The largest absolute Gasteiger partial charge is 0.486 e. The van der Waals surface area contributed by atoms with Crippen molar-refractivity contribution in [3.63, 3.8) is 0 Å². The second-order valence-electron chi connectivity index (χ2n) is 5.28. The van der Waals surface area contributed by atoms with Crippen molar-refractivity contribution >= 4 is 11.6 Å². The first-order valence-electron chi connectivity index (χ1n) is 7.47. The summed E-state index contributed by atoms with van der Waals surface area (Å²) in [5, 5.41) is 9.19. The van der Waals surface area contributed by atoms with Gasteiger partial charge >= 0.3 is 0 Å². The first kappa shape index (κ1) is 16.5. The molecular formula is C18H17ClN2O3. The highest BCUT2D eigenvalue weighted by Crippen LogP contribution is 2.27. The molecular weight excluding hydrogens is 328 g/mol. The fraction of sp³-hybridized carbons (Fsp3) is 0.167. The van der Waals surface area contributed by atoms with Gasteiger partial charge in [0.15, 0.2) is 0 Å². The lowest BCUT2D eigenvalue weighted by Crippen LogP contribution is -2.06. The van der Waals surface area contributed by atoms with E-state index < -0.39 is 0 Å². The third kappa shape index (κ3) is 3.76. The Morgan fingerprint density at radius 1 is 1.21 bits per heavy atom. The van der Waals surface area contributed by atoms with E-state index in [1.807, 2.05) is 43.3 Å². The predicted octanol–water partition coefficient (Wildman–Crippen LogP) is 4.36. The number of benzene rings is 2. The van der Waals surface area contributed by atoms with Crippen LogP contribution in [0.1, 0.15) is 17.0 Å². The average molecular weight is 345 g/mol. The third-order valence-corrected chi connectivity index (χ3v) is 3.85. The van der Waals surface area contributed by atoms with Gasteiger partial charge in [0.25, 0.3) is 0 Å². The molecule has 0 fully saturated rings. The van der Waals surface area contributed by atoms with Gasteiger partial charge in [0, 0.05) is 12.1 Å². The van der Waals surface area contributed by atoms with Gasteiger partial charge in [-0.05, 0) is 36.8 Å². The average Bonchev–Trinajstić information content (AvgIpc) is 2.96. The standard InChI is InChI=1S/C18H17ClN2O3/c1-12-16(21-18(24-12)14-5-3-2-4-6-14)11-23-17-8-7-13(10-20-22)9-15(17)19/h2-9,20,22H,10-11H2,1H3. The van der Waals surface area contributed by atoms with Gasteiger partial charge in [0.05, 0.1) is 5.02 Å². The molecule has 0 amide bonds. The van der Waals surface area contributed by atoms with Gasteiger partial charge in [-0.3, -0.25) is 0 Å². The van der Waals surface area contributed by atoms with Crippen LogP contribution >= 0.6 is 11.6 Å². The Labute approximate surface area is 144 Å². The van der Waals surface area contributed by atoms with Crippen LogP contribution in [0.2, 0.25) is 5.02 Å². The molecule has 6 heteroatoms. The van der Waals surface area contributed by atoms with Crippen molar-refractivity contribution in [3.8, 4) is 17.2 Å². The van der Waals surface area contributed by atoms with Crippen molar-refractivity contribution in [1.29, 1.82) is 0 Å². The first-order valence-corrected chi connectivity index (χ1v) is 7.85. The van der Waals surface area contributed by atoms with Gasteiger partial charge < -0.3 is 14.4 Å². The summed E-state index contributed by atoms with van der Waals surface area (Å²) in [6, 6.07) is 15.0. The zero-order valence-corrected chi connectivity index (χ0v) is 13.9. The molecule has 0 radical (unpaired) electrons. The maximum absolute atomic E-state index is 8.72. The highest BCUT2D eigenvalue weighted by molar-refractivity contribution is 6.32. The van der Waals surface area contributed by atoms with Crippen LogP contribution in [-0.2, 0) is 13.2 Å². The molecule has 124 valence electrons. The highest BCUT2D eigenvalue weighted by atomic mass is 35.5. The van der Waals surface area contributed by atoms with Crippen molar-refractivity contribution in [2.45, 2.75) is 20.1 Å². The van der Waals surface area contributed by atoms with Gasteiger partial charge in [-0.2, -0.15) is 0 Å². The molecule has 2 N–H and O–H groups in total. The Hall–Kier alpha value is -2.34. The van der Waals surface area contributed by atoms with Crippen molar-refractivity contribution in [2.24, 2.45) is 0 Å². The normalized spacial score (nSPS) is 10.8. The fourth-order valence-electron chi connectivity index (χ4n) is 2.27. The lowest BCUT2D eigenvalue weighted by Gasteiger charge is -2.08. The van der Waals surface area contributed by atoms with E-state index in [4.69, 9.17) is 26.0 Å². The van der Waals surface area contributed by atoms with Crippen LogP contribution in [0.25, 0.3) is 11.5 Å². The zero-order valence-electron chi connectivity index (χ0n) is 13.1. The number of hydroxylamine groups is 1. The van der Waals surface area contributed by atoms with Gasteiger partial charge in [0.1, 0.15) is 23.8 Å². The number of aromatic nitrogens is 1. The van der Waals surface area contributed by atoms with Crippen LogP contribution in [0.3, 0.4) is 0 Å². The minimum absolute atomic E-state index is 0.263. The molecule has 2 aromatic carbocycles. The van der Waals surface area contributed by atoms with Crippen molar-refractivity contribution in [1.82, 2.24) is 10.5 Å². The van der Waals surface area contributed by atoms with Gasteiger partial charge in [-0.1, -0.05) is 35.9 Å². The molecule has 24 heavy (non-hydrogen) atoms. The molecule has 0 spiro atoms. The Kier molecular flexibility index (Phi) is 5.15. The molecule has 0 aliphatic carbocycles. The van der Waals surface area contributed by atoms with E-state index in [0.29, 0.717) is 29.0 Å². The summed E-state index contributed by atoms with van der Waals surface area (Å²) in [6.45, 7) is 2.44. The Bertz CT molecular complexity index is 818. The molecule has 1 heterocycles. The van der Waals surface area contributed by atoms with E-state index in [0.717, 1.165) is 16.8 Å². The molecule has 3 aromatic rings. The summed E-state index contributed by atoms with van der Waals surface area (Å²) in [5.41, 5.74) is 4.60. The molecule has 1 aromatic heterocycles. The minimum Gasteiger partial charge on any atom is -0.486 e.